The molecule has 0 unspecified atom stereocenters. The molecule has 0 heterocycles. The average molecular weight is 223 g/mol. The van der Waals surface area contributed by atoms with E-state index < -0.39 is 10.8 Å². The van der Waals surface area contributed by atoms with E-state index in [0.717, 1.165) is 0 Å². The summed E-state index contributed by atoms with van der Waals surface area (Å²) >= 11 is 5.68. The van der Waals surface area contributed by atoms with Gasteiger partial charge in [-0.1, -0.05) is 0 Å². The molecule has 0 aliphatic heterocycles. The van der Waals surface area contributed by atoms with Crippen molar-refractivity contribution in [1.82, 2.24) is 0 Å². The highest BCUT2D eigenvalue weighted by molar-refractivity contribution is 6.33. The molecule has 0 amide bonds. The number of hydrogen-bond donors (Lipinski definition) is 1. The number of carboxylic acid groups (broad SMARTS) is 1. The second kappa shape index (κ2) is 5.86. The Morgan fingerprint density at radius 2 is 2.07 bits per heavy atom. The summed E-state index contributed by atoms with van der Waals surface area (Å²) in [5, 5.41) is 8.66. The SMILES string of the molecule is CCOC(=O)CCC[C@@](C)(Cl)C(=O)O. The minimum absolute atomic E-state index is 0.212. The Bertz CT molecular complexity index is 213. The molecule has 4 nitrogen and oxygen atoms in total. The molecular formula is C9H15ClO4. The fourth-order valence-electron chi connectivity index (χ4n) is 0.905. The molecule has 0 saturated heterocycles. The van der Waals surface area contributed by atoms with Gasteiger partial charge in [0, 0.05) is 6.42 Å². The van der Waals surface area contributed by atoms with Crippen LogP contribution in [0.3, 0.4) is 0 Å². The van der Waals surface area contributed by atoms with Gasteiger partial charge in [0.2, 0.25) is 0 Å². The van der Waals surface area contributed by atoms with E-state index in [1.807, 2.05) is 0 Å². The lowest BCUT2D eigenvalue weighted by atomic mass is 10.0. The van der Waals surface area contributed by atoms with Crippen LogP contribution in [-0.2, 0) is 14.3 Å². The molecule has 0 aliphatic carbocycles. The number of aliphatic carboxylic acids is 1. The van der Waals surface area contributed by atoms with Crippen molar-refractivity contribution >= 4 is 23.5 Å². The molecular weight excluding hydrogens is 208 g/mol. The lowest BCUT2D eigenvalue weighted by Crippen LogP contribution is -2.28. The van der Waals surface area contributed by atoms with Crippen LogP contribution < -0.4 is 0 Å². The molecule has 0 rings (SSSR count). The molecule has 0 aromatic carbocycles. The summed E-state index contributed by atoms with van der Waals surface area (Å²) in [6, 6.07) is 0. The third-order valence-electron chi connectivity index (χ3n) is 1.78. The smallest absolute Gasteiger partial charge is 0.324 e. The Morgan fingerprint density at radius 1 is 1.50 bits per heavy atom. The minimum atomic E-state index is -1.29. The number of esters is 1. The molecule has 0 fully saturated rings. The zero-order chi connectivity index (χ0) is 11.2. The van der Waals surface area contributed by atoms with E-state index >= 15 is 0 Å². The van der Waals surface area contributed by atoms with Gasteiger partial charge in [0.1, 0.15) is 4.87 Å². The van der Waals surface area contributed by atoms with E-state index in [1.165, 1.54) is 6.92 Å². The zero-order valence-electron chi connectivity index (χ0n) is 8.38. The maximum absolute atomic E-state index is 10.9. The molecule has 1 N–H and O–H groups in total. The molecule has 14 heavy (non-hydrogen) atoms. The van der Waals surface area contributed by atoms with E-state index in [2.05, 4.69) is 4.74 Å². The van der Waals surface area contributed by atoms with Gasteiger partial charge in [-0.3, -0.25) is 9.59 Å². The molecule has 82 valence electrons. The monoisotopic (exact) mass is 222 g/mol. The van der Waals surface area contributed by atoms with Crippen molar-refractivity contribution in [1.29, 1.82) is 0 Å². The van der Waals surface area contributed by atoms with Crippen molar-refractivity contribution in [3.8, 4) is 0 Å². The van der Waals surface area contributed by atoms with Crippen molar-refractivity contribution < 1.29 is 19.4 Å². The molecule has 0 aromatic heterocycles. The van der Waals surface area contributed by atoms with E-state index in [0.29, 0.717) is 13.0 Å². The first kappa shape index (κ1) is 13.2. The van der Waals surface area contributed by atoms with Crippen LogP contribution in [0.25, 0.3) is 0 Å². The van der Waals surface area contributed by atoms with Crippen LogP contribution in [0.1, 0.15) is 33.1 Å². The third-order valence-corrected chi connectivity index (χ3v) is 2.13. The summed E-state index contributed by atoms with van der Waals surface area (Å²) < 4.78 is 4.69. The summed E-state index contributed by atoms with van der Waals surface area (Å²) in [5.41, 5.74) is 0. The number of carbonyl (C=O) groups is 2. The van der Waals surface area contributed by atoms with Crippen LogP contribution in [0, 0.1) is 0 Å². The molecule has 0 aliphatic rings. The normalized spacial score (nSPS) is 14.5. The fraction of sp³-hybridized carbons (Fsp3) is 0.778. The summed E-state index contributed by atoms with van der Waals surface area (Å²) in [4.78, 5) is 20.2. The summed E-state index contributed by atoms with van der Waals surface area (Å²) in [6.45, 7) is 3.48. The number of hydrogen-bond acceptors (Lipinski definition) is 3. The highest BCUT2D eigenvalue weighted by atomic mass is 35.5. The van der Waals surface area contributed by atoms with Crippen LogP contribution >= 0.6 is 11.6 Å². The van der Waals surface area contributed by atoms with Gasteiger partial charge in [-0.15, -0.1) is 11.6 Å². The fourth-order valence-corrected chi connectivity index (χ4v) is 1.04. The van der Waals surface area contributed by atoms with Crippen molar-refractivity contribution in [3.63, 3.8) is 0 Å². The highest BCUT2D eigenvalue weighted by Gasteiger charge is 2.29. The van der Waals surface area contributed by atoms with Gasteiger partial charge in [-0.2, -0.15) is 0 Å². The summed E-state index contributed by atoms with van der Waals surface area (Å²) in [6.07, 6.45) is 0.886. The Kier molecular flexibility index (Phi) is 5.53. The van der Waals surface area contributed by atoms with E-state index in [9.17, 15) is 9.59 Å². The molecule has 0 spiro atoms. The summed E-state index contributed by atoms with van der Waals surface area (Å²) in [7, 11) is 0. The Labute approximate surface area is 88.2 Å². The van der Waals surface area contributed by atoms with Gasteiger partial charge in [0.15, 0.2) is 0 Å². The first-order chi connectivity index (χ1) is 6.40. The molecule has 0 aromatic rings. The van der Waals surface area contributed by atoms with Crippen LogP contribution in [0.4, 0.5) is 0 Å². The van der Waals surface area contributed by atoms with Gasteiger partial charge in [-0.05, 0) is 26.7 Å². The maximum Gasteiger partial charge on any atom is 0.324 e. The number of ether oxygens (including phenoxy) is 1. The first-order valence-corrected chi connectivity index (χ1v) is 4.86. The number of halogens is 1. The molecule has 0 bridgehead atoms. The van der Waals surface area contributed by atoms with Crippen LogP contribution in [0.5, 0.6) is 0 Å². The Hall–Kier alpha value is -0.770. The second-order valence-electron chi connectivity index (χ2n) is 3.16. The predicted octanol–water partition coefficient (Wildman–Crippen LogP) is 1.80. The topological polar surface area (TPSA) is 63.6 Å². The van der Waals surface area contributed by atoms with Gasteiger partial charge in [0.05, 0.1) is 6.61 Å². The number of carboxylic acids is 1. The zero-order valence-corrected chi connectivity index (χ0v) is 9.13. The van der Waals surface area contributed by atoms with Crippen molar-refractivity contribution in [2.45, 2.75) is 38.0 Å². The van der Waals surface area contributed by atoms with E-state index in [-0.39, 0.29) is 18.8 Å². The van der Waals surface area contributed by atoms with Crippen LogP contribution in [0.2, 0.25) is 0 Å². The van der Waals surface area contributed by atoms with Crippen molar-refractivity contribution in [2.75, 3.05) is 6.61 Å². The van der Waals surface area contributed by atoms with Crippen molar-refractivity contribution in [3.05, 3.63) is 0 Å². The molecule has 1 atom stereocenters. The van der Waals surface area contributed by atoms with Gasteiger partial charge >= 0.3 is 11.9 Å². The van der Waals surface area contributed by atoms with Crippen molar-refractivity contribution in [2.24, 2.45) is 0 Å². The first-order valence-electron chi connectivity index (χ1n) is 4.48. The lowest BCUT2D eigenvalue weighted by molar-refractivity contribution is -0.144. The number of carbonyl (C=O) groups excluding carboxylic acids is 1. The highest BCUT2D eigenvalue weighted by Crippen LogP contribution is 2.22. The van der Waals surface area contributed by atoms with Crippen LogP contribution in [0.15, 0.2) is 0 Å². The standard InChI is InChI=1S/C9H15ClO4/c1-3-14-7(11)5-4-6-9(2,10)8(12)13/h3-6H2,1-2H3,(H,12,13)/t9-/m1/s1. The van der Waals surface area contributed by atoms with Gasteiger partial charge in [0.25, 0.3) is 0 Å². The average Bonchev–Trinajstić information content (AvgIpc) is 2.04. The van der Waals surface area contributed by atoms with Gasteiger partial charge < -0.3 is 9.84 Å². The lowest BCUT2D eigenvalue weighted by Gasteiger charge is -2.15. The molecule has 0 radical (unpaired) electrons. The Morgan fingerprint density at radius 3 is 2.50 bits per heavy atom. The van der Waals surface area contributed by atoms with Gasteiger partial charge in [-0.25, -0.2) is 0 Å². The molecule has 0 saturated carbocycles. The second-order valence-corrected chi connectivity index (χ2v) is 4.00. The predicted molar refractivity (Wildman–Crippen MR) is 52.4 cm³/mol. The molecule has 5 heteroatoms. The summed E-state index contributed by atoms with van der Waals surface area (Å²) in [5.74, 6) is -1.38. The minimum Gasteiger partial charge on any atom is -0.480 e. The quantitative estimate of drug-likeness (QED) is 0.550. The largest absolute Gasteiger partial charge is 0.480 e. The Balaban J connectivity index is 3.74. The van der Waals surface area contributed by atoms with Crippen LogP contribution in [-0.4, -0.2) is 28.5 Å². The number of rotatable bonds is 6. The van der Waals surface area contributed by atoms with E-state index in [1.54, 1.807) is 6.92 Å². The third kappa shape index (κ3) is 5.07. The maximum atomic E-state index is 10.9. The number of alkyl halides is 1. The van der Waals surface area contributed by atoms with E-state index in [4.69, 9.17) is 16.7 Å².